The number of aliphatic hydroxyl groups excluding tert-OH is 1. The van der Waals surface area contributed by atoms with E-state index in [0.717, 1.165) is 6.92 Å². The molecule has 0 aliphatic carbocycles. The molecule has 11 nitrogen and oxygen atoms in total. The molecule has 0 radical (unpaired) electrons. The number of ether oxygens (including phenoxy) is 1. The van der Waals surface area contributed by atoms with Crippen molar-refractivity contribution in [1.82, 2.24) is 0 Å². The molecule has 4 N–H and O–H groups in total. The van der Waals surface area contributed by atoms with Crippen LogP contribution in [-0.4, -0.2) is 84.8 Å². The third kappa shape index (κ3) is 3.72. The minimum atomic E-state index is -3.97. The third-order valence-electron chi connectivity index (χ3n) is 4.21. The number of carbonyl (C=O) groups excluding carboxylic acids is 6. The van der Waals surface area contributed by atoms with Crippen LogP contribution in [-0.2, 0) is 33.5 Å². The van der Waals surface area contributed by atoms with E-state index >= 15 is 0 Å². The summed E-state index contributed by atoms with van der Waals surface area (Å²) in [6.45, 7) is 1.97. The summed E-state index contributed by atoms with van der Waals surface area (Å²) in [6.07, 6.45) is -2.56. The summed E-state index contributed by atoms with van der Waals surface area (Å²) in [6, 6.07) is 0. The molecule has 0 rings (SSSR count). The monoisotopic (exact) mass is 390 g/mol. The molecule has 4 atom stereocenters. The van der Waals surface area contributed by atoms with Gasteiger partial charge in [-0.3, -0.25) is 28.8 Å². The fraction of sp³-hybridized carbons (Fsp3) is 0.625. The molecule has 0 heterocycles. The lowest BCUT2D eigenvalue weighted by Gasteiger charge is -2.48. The largest absolute Gasteiger partial charge is 0.463 e. The van der Waals surface area contributed by atoms with Crippen LogP contribution in [0.4, 0.5) is 0 Å². The summed E-state index contributed by atoms with van der Waals surface area (Å²) in [4.78, 5) is 70.8. The van der Waals surface area contributed by atoms with E-state index < -0.39 is 64.4 Å². The van der Waals surface area contributed by atoms with Crippen LogP contribution < -0.4 is 0 Å². The van der Waals surface area contributed by atoms with Crippen molar-refractivity contribution in [2.75, 3.05) is 6.61 Å². The van der Waals surface area contributed by atoms with Crippen molar-refractivity contribution in [2.24, 2.45) is 0 Å². The Bertz CT molecular complexity index is 696. The van der Waals surface area contributed by atoms with Crippen molar-refractivity contribution in [3.8, 4) is 0 Å². The molecule has 0 aromatic rings. The average molecular weight is 390 g/mol. The molecule has 0 aromatic heterocycles. The summed E-state index contributed by atoms with van der Waals surface area (Å²) in [7, 11) is 0. The van der Waals surface area contributed by atoms with Crippen molar-refractivity contribution in [3.05, 3.63) is 0 Å². The van der Waals surface area contributed by atoms with Gasteiger partial charge in [0, 0.05) is 13.8 Å². The Labute approximate surface area is 153 Å². The van der Waals surface area contributed by atoms with Crippen LogP contribution >= 0.6 is 0 Å². The zero-order valence-electron chi connectivity index (χ0n) is 15.4. The third-order valence-corrected chi connectivity index (χ3v) is 4.21. The van der Waals surface area contributed by atoms with Gasteiger partial charge < -0.3 is 25.2 Å². The fourth-order valence-corrected chi connectivity index (χ4v) is 2.68. The van der Waals surface area contributed by atoms with Crippen LogP contribution in [0.5, 0.6) is 0 Å². The second-order valence-corrected chi connectivity index (χ2v) is 6.06. The van der Waals surface area contributed by atoms with Gasteiger partial charge in [0.15, 0.2) is 28.7 Å². The van der Waals surface area contributed by atoms with Gasteiger partial charge >= 0.3 is 5.97 Å². The number of ketones is 5. The van der Waals surface area contributed by atoms with Gasteiger partial charge in [0.05, 0.1) is 0 Å². The van der Waals surface area contributed by atoms with Crippen molar-refractivity contribution in [2.45, 2.75) is 57.5 Å². The topological polar surface area (TPSA) is 193 Å². The van der Waals surface area contributed by atoms with Gasteiger partial charge in [-0.25, -0.2) is 0 Å². The highest BCUT2D eigenvalue weighted by atomic mass is 16.5. The molecule has 11 heteroatoms. The first-order chi connectivity index (χ1) is 12.0. The molecule has 0 saturated carbocycles. The van der Waals surface area contributed by atoms with Crippen molar-refractivity contribution >= 4 is 34.9 Å². The number of hydrogen-bond acceptors (Lipinski definition) is 11. The average Bonchev–Trinajstić information content (AvgIpc) is 2.55. The summed E-state index contributed by atoms with van der Waals surface area (Å²) in [5, 5.41) is 42.4. The molecule has 0 aromatic carbocycles. The maximum absolute atomic E-state index is 12.2. The Morgan fingerprint density at radius 3 is 1.52 bits per heavy atom. The van der Waals surface area contributed by atoms with E-state index in [1.54, 1.807) is 0 Å². The highest BCUT2D eigenvalue weighted by molar-refractivity contribution is 6.45. The lowest BCUT2D eigenvalue weighted by Crippen LogP contribution is -2.81. The Morgan fingerprint density at radius 2 is 1.26 bits per heavy atom. The van der Waals surface area contributed by atoms with Crippen LogP contribution in [0.15, 0.2) is 0 Å². The predicted octanol–water partition coefficient (Wildman–Crippen LogP) is -2.97. The highest BCUT2D eigenvalue weighted by Crippen LogP contribution is 2.39. The molecule has 27 heavy (non-hydrogen) atoms. The molecular formula is C16H22O11. The quantitative estimate of drug-likeness (QED) is 0.169. The van der Waals surface area contributed by atoms with E-state index in [9.17, 15) is 49.2 Å². The Balaban J connectivity index is 6.97. The van der Waals surface area contributed by atoms with Gasteiger partial charge in [0.1, 0.15) is 12.7 Å². The zero-order valence-corrected chi connectivity index (χ0v) is 15.4. The van der Waals surface area contributed by atoms with Gasteiger partial charge in [-0.1, -0.05) is 0 Å². The Morgan fingerprint density at radius 1 is 0.815 bits per heavy atom. The first kappa shape index (κ1) is 24.7. The van der Waals surface area contributed by atoms with Crippen LogP contribution in [0, 0.1) is 0 Å². The first-order valence-corrected chi connectivity index (χ1v) is 7.59. The van der Waals surface area contributed by atoms with Gasteiger partial charge in [-0.15, -0.1) is 0 Å². The summed E-state index contributed by atoms with van der Waals surface area (Å²) in [5.41, 5.74) is -11.6. The first-order valence-electron chi connectivity index (χ1n) is 7.59. The van der Waals surface area contributed by atoms with Gasteiger partial charge in [0.2, 0.25) is 17.0 Å². The van der Waals surface area contributed by atoms with Crippen molar-refractivity contribution < 1.29 is 53.9 Å². The number of hydrogen-bond donors (Lipinski definition) is 4. The molecular weight excluding hydrogens is 368 g/mol. The molecule has 0 unspecified atom stereocenters. The van der Waals surface area contributed by atoms with Crippen LogP contribution in [0.1, 0.15) is 34.6 Å². The normalized spacial score (nSPS) is 18.9. The maximum atomic E-state index is 12.2. The second-order valence-electron chi connectivity index (χ2n) is 6.06. The highest BCUT2D eigenvalue weighted by Gasteiger charge is 2.74. The molecule has 0 saturated heterocycles. The maximum Gasteiger partial charge on any atom is 0.302 e. The van der Waals surface area contributed by atoms with Gasteiger partial charge in [-0.05, 0) is 20.8 Å². The molecule has 0 spiro atoms. The number of Topliss-reactive ketones (excluding diaryl/α,β-unsaturated/α-hetero) is 5. The minimum absolute atomic E-state index is 0.508. The molecule has 0 amide bonds. The Hall–Kier alpha value is -2.34. The molecule has 152 valence electrons. The fourth-order valence-electron chi connectivity index (χ4n) is 2.68. The predicted molar refractivity (Wildman–Crippen MR) is 85.2 cm³/mol. The van der Waals surface area contributed by atoms with E-state index in [-0.39, 0.29) is 0 Å². The van der Waals surface area contributed by atoms with E-state index in [0.29, 0.717) is 27.7 Å². The number of rotatable bonds is 10. The van der Waals surface area contributed by atoms with Crippen molar-refractivity contribution in [3.63, 3.8) is 0 Å². The van der Waals surface area contributed by atoms with E-state index in [2.05, 4.69) is 4.74 Å². The zero-order chi connectivity index (χ0) is 22.0. The second kappa shape index (κ2) is 8.13. The summed E-state index contributed by atoms with van der Waals surface area (Å²) in [5.74, 6) is -9.35. The summed E-state index contributed by atoms with van der Waals surface area (Å²) < 4.78 is 4.41. The number of aliphatic hydroxyl groups is 4. The van der Waals surface area contributed by atoms with Gasteiger partial charge in [-0.2, -0.15) is 0 Å². The smallest absolute Gasteiger partial charge is 0.302 e. The molecule has 0 aliphatic rings. The lowest BCUT2D eigenvalue weighted by atomic mass is 9.61. The van der Waals surface area contributed by atoms with E-state index in [1.807, 2.05) is 0 Å². The van der Waals surface area contributed by atoms with Crippen molar-refractivity contribution in [1.29, 1.82) is 0 Å². The number of carbonyl (C=O) groups is 6. The van der Waals surface area contributed by atoms with E-state index in [1.165, 1.54) is 0 Å². The van der Waals surface area contributed by atoms with Gasteiger partial charge in [0.25, 0.3) is 0 Å². The lowest BCUT2D eigenvalue weighted by molar-refractivity contribution is -0.247. The van der Waals surface area contributed by atoms with Crippen LogP contribution in [0.2, 0.25) is 0 Å². The summed E-state index contributed by atoms with van der Waals surface area (Å²) >= 11 is 0. The minimum Gasteiger partial charge on any atom is -0.463 e. The standard InChI is InChI=1S/C16H22O11/c1-7(17)13(23)15(25,9(3)19)16(26,10(4)20)14(24,8(2)18)12(22)6-27-11(5)21/h12,22,24-26H,6H2,1-5H3/t12-,14-,15+,16+/m1/s1. The molecule has 0 fully saturated rings. The Kier molecular flexibility index (Phi) is 7.42. The number of esters is 1. The van der Waals surface area contributed by atoms with Crippen LogP contribution in [0.25, 0.3) is 0 Å². The molecule has 0 bridgehead atoms. The SMILES string of the molecule is CC(=O)OC[C@@H](O)[C@](O)(C(C)=O)[C@@](O)(C(C)=O)[C@](O)(C(C)=O)C(=O)C(C)=O. The van der Waals surface area contributed by atoms with Crippen LogP contribution in [0.3, 0.4) is 0 Å². The molecule has 0 aliphatic heterocycles. The van der Waals surface area contributed by atoms with E-state index in [4.69, 9.17) is 0 Å².